The highest BCUT2D eigenvalue weighted by Crippen LogP contribution is 2.34. The van der Waals surface area contributed by atoms with Crippen molar-refractivity contribution in [1.82, 2.24) is 15.1 Å². The van der Waals surface area contributed by atoms with E-state index in [4.69, 9.17) is 5.10 Å². The van der Waals surface area contributed by atoms with Crippen LogP contribution in [0.25, 0.3) is 11.1 Å². The Balaban J connectivity index is 1.71. The molecule has 0 spiro atoms. The monoisotopic (exact) mass is 378 g/mol. The lowest BCUT2D eigenvalue weighted by Gasteiger charge is -2.16. The van der Waals surface area contributed by atoms with Crippen LogP contribution in [0.3, 0.4) is 0 Å². The summed E-state index contributed by atoms with van der Waals surface area (Å²) < 4.78 is 16.7. The molecule has 0 saturated heterocycles. The topological polar surface area (TPSA) is 59.0 Å². The average molecular weight is 378 g/mol. The Morgan fingerprint density at radius 2 is 2.04 bits per heavy atom. The first-order valence-corrected chi connectivity index (χ1v) is 9.47. The number of hydrogen-bond acceptors (Lipinski definition) is 3. The molecule has 0 fully saturated rings. The molecule has 1 aromatic heterocycles. The summed E-state index contributed by atoms with van der Waals surface area (Å²) in [6.45, 7) is 3.16. The molecule has 0 aliphatic carbocycles. The summed E-state index contributed by atoms with van der Waals surface area (Å²) >= 11 is 0. The fraction of sp³-hybridized carbons (Fsp3) is 0.273. The molecule has 144 valence electrons. The minimum Gasteiger partial charge on any atom is -0.315 e. The Bertz CT molecular complexity index is 1010. The van der Waals surface area contributed by atoms with Crippen LogP contribution >= 0.6 is 0 Å². The van der Waals surface area contributed by atoms with E-state index >= 15 is 0 Å². The van der Waals surface area contributed by atoms with Crippen LogP contribution in [0, 0.1) is 5.82 Å². The number of carbonyl (C=O) groups excluding carboxylic acids is 1. The van der Waals surface area contributed by atoms with Gasteiger partial charge in [0.1, 0.15) is 11.6 Å². The highest BCUT2D eigenvalue weighted by Gasteiger charge is 2.26. The standard InChI is InChI=1S/C22H23FN4O/c1-14(16-8-9-17(19(23)12-16)15-6-4-3-5-7-15)21-18(13-24-2)22-25-20(28)10-11-27(22)26-21/h3-9,12,14,24H,10-11,13H2,1-2H3,(H,25,28). The van der Waals surface area contributed by atoms with Gasteiger partial charge < -0.3 is 10.6 Å². The third-order valence-corrected chi connectivity index (χ3v) is 5.23. The number of anilines is 1. The van der Waals surface area contributed by atoms with Crippen LogP contribution in [0.2, 0.25) is 0 Å². The number of halogens is 1. The van der Waals surface area contributed by atoms with E-state index in [1.807, 2.05) is 61.1 Å². The van der Waals surface area contributed by atoms with E-state index in [9.17, 15) is 9.18 Å². The zero-order chi connectivity index (χ0) is 19.7. The number of rotatable bonds is 5. The lowest BCUT2D eigenvalue weighted by atomic mass is 9.92. The molecule has 4 rings (SSSR count). The number of nitrogens with one attached hydrogen (secondary N) is 2. The molecule has 1 atom stereocenters. The lowest BCUT2D eigenvalue weighted by molar-refractivity contribution is -0.116. The number of carbonyl (C=O) groups is 1. The molecule has 6 heteroatoms. The summed E-state index contributed by atoms with van der Waals surface area (Å²) in [5.74, 6) is 0.400. The Kier molecular flexibility index (Phi) is 4.96. The molecule has 0 saturated carbocycles. The molecular formula is C22H23FN4O. The van der Waals surface area contributed by atoms with Gasteiger partial charge in [0.05, 0.1) is 12.2 Å². The van der Waals surface area contributed by atoms with Crippen molar-refractivity contribution in [3.8, 4) is 11.1 Å². The van der Waals surface area contributed by atoms with Crippen molar-refractivity contribution in [3.63, 3.8) is 0 Å². The highest BCUT2D eigenvalue weighted by molar-refractivity contribution is 5.92. The molecule has 1 aliphatic rings. The number of benzene rings is 2. The van der Waals surface area contributed by atoms with Gasteiger partial charge in [-0.2, -0.15) is 5.10 Å². The molecule has 2 heterocycles. The molecule has 2 N–H and O–H groups in total. The van der Waals surface area contributed by atoms with E-state index in [0.29, 0.717) is 25.1 Å². The molecule has 1 unspecified atom stereocenters. The van der Waals surface area contributed by atoms with Gasteiger partial charge in [0, 0.05) is 30.0 Å². The number of nitrogens with zero attached hydrogens (tertiary/aromatic N) is 2. The van der Waals surface area contributed by atoms with Crippen LogP contribution < -0.4 is 10.6 Å². The molecule has 3 aromatic rings. The maximum atomic E-state index is 14.8. The third-order valence-electron chi connectivity index (χ3n) is 5.23. The van der Waals surface area contributed by atoms with Crippen molar-refractivity contribution >= 4 is 11.7 Å². The number of amides is 1. The lowest BCUT2D eigenvalue weighted by Crippen LogP contribution is -2.24. The first-order chi connectivity index (χ1) is 13.6. The number of aryl methyl sites for hydroxylation is 1. The third kappa shape index (κ3) is 3.31. The van der Waals surface area contributed by atoms with Crippen molar-refractivity contribution in [2.45, 2.75) is 32.4 Å². The van der Waals surface area contributed by atoms with Crippen LogP contribution in [0.4, 0.5) is 10.2 Å². The fourth-order valence-electron chi connectivity index (χ4n) is 3.73. The fourth-order valence-corrected chi connectivity index (χ4v) is 3.73. The van der Waals surface area contributed by atoms with Crippen molar-refractivity contribution in [1.29, 1.82) is 0 Å². The Morgan fingerprint density at radius 3 is 2.75 bits per heavy atom. The number of hydrogen-bond donors (Lipinski definition) is 2. The van der Waals surface area contributed by atoms with Gasteiger partial charge in [-0.15, -0.1) is 0 Å². The molecule has 2 aromatic carbocycles. The van der Waals surface area contributed by atoms with Crippen LogP contribution in [0.5, 0.6) is 0 Å². The summed E-state index contributed by atoms with van der Waals surface area (Å²) in [6.07, 6.45) is 0.419. The second-order valence-electron chi connectivity index (χ2n) is 7.09. The number of aromatic nitrogens is 2. The molecule has 0 radical (unpaired) electrons. The van der Waals surface area contributed by atoms with E-state index in [1.54, 1.807) is 6.07 Å². The summed E-state index contributed by atoms with van der Waals surface area (Å²) in [6, 6.07) is 14.9. The maximum absolute atomic E-state index is 14.8. The second kappa shape index (κ2) is 7.56. The van der Waals surface area contributed by atoms with E-state index < -0.39 is 0 Å². The van der Waals surface area contributed by atoms with Gasteiger partial charge in [-0.05, 0) is 24.2 Å². The first-order valence-electron chi connectivity index (χ1n) is 9.47. The maximum Gasteiger partial charge on any atom is 0.227 e. The normalized spacial score (nSPS) is 14.5. The van der Waals surface area contributed by atoms with Crippen LogP contribution in [-0.2, 0) is 17.9 Å². The smallest absolute Gasteiger partial charge is 0.227 e. The van der Waals surface area contributed by atoms with Gasteiger partial charge in [-0.25, -0.2) is 9.07 Å². The largest absolute Gasteiger partial charge is 0.315 e. The summed E-state index contributed by atoms with van der Waals surface area (Å²) in [7, 11) is 1.86. The first kappa shape index (κ1) is 18.4. The van der Waals surface area contributed by atoms with Gasteiger partial charge in [0.15, 0.2) is 0 Å². The van der Waals surface area contributed by atoms with Crippen molar-refractivity contribution < 1.29 is 9.18 Å². The van der Waals surface area contributed by atoms with Crippen LogP contribution in [-0.4, -0.2) is 22.7 Å². The van der Waals surface area contributed by atoms with Gasteiger partial charge in [-0.1, -0.05) is 49.4 Å². The van der Waals surface area contributed by atoms with E-state index in [0.717, 1.165) is 28.2 Å². The zero-order valence-electron chi connectivity index (χ0n) is 16.0. The number of fused-ring (bicyclic) bond motifs is 1. The van der Waals surface area contributed by atoms with Crippen molar-refractivity contribution in [2.75, 3.05) is 12.4 Å². The molecule has 0 bridgehead atoms. The minimum absolute atomic E-state index is 0.00205. The molecular weight excluding hydrogens is 355 g/mol. The van der Waals surface area contributed by atoms with E-state index in [2.05, 4.69) is 10.6 Å². The van der Waals surface area contributed by atoms with Gasteiger partial charge in [-0.3, -0.25) is 4.79 Å². The summed E-state index contributed by atoms with van der Waals surface area (Å²) in [4.78, 5) is 11.8. The van der Waals surface area contributed by atoms with Crippen molar-refractivity contribution in [2.24, 2.45) is 0 Å². The van der Waals surface area contributed by atoms with Gasteiger partial charge >= 0.3 is 0 Å². The Hall–Kier alpha value is -2.99. The SMILES string of the molecule is CNCc1c(C(C)c2ccc(-c3ccccc3)c(F)c2)nn2c1NC(=O)CC2. The molecule has 1 aliphatic heterocycles. The van der Waals surface area contributed by atoms with E-state index in [1.165, 1.54) is 0 Å². The van der Waals surface area contributed by atoms with Crippen LogP contribution in [0.15, 0.2) is 48.5 Å². The van der Waals surface area contributed by atoms with Gasteiger partial charge in [0.25, 0.3) is 0 Å². The van der Waals surface area contributed by atoms with Gasteiger partial charge in [0.2, 0.25) is 5.91 Å². The molecule has 1 amide bonds. The zero-order valence-corrected chi connectivity index (χ0v) is 16.0. The average Bonchev–Trinajstić information content (AvgIpc) is 3.06. The van der Waals surface area contributed by atoms with Crippen LogP contribution in [0.1, 0.15) is 36.1 Å². The second-order valence-corrected chi connectivity index (χ2v) is 7.09. The Labute approximate surface area is 163 Å². The predicted molar refractivity (Wildman–Crippen MR) is 108 cm³/mol. The summed E-state index contributed by atoms with van der Waals surface area (Å²) in [5.41, 5.74) is 4.11. The molecule has 5 nitrogen and oxygen atoms in total. The van der Waals surface area contributed by atoms with Crippen molar-refractivity contribution in [3.05, 3.63) is 71.2 Å². The van der Waals surface area contributed by atoms with E-state index in [-0.39, 0.29) is 17.6 Å². The molecule has 28 heavy (non-hydrogen) atoms. The quantitative estimate of drug-likeness (QED) is 0.708. The highest BCUT2D eigenvalue weighted by atomic mass is 19.1. The Morgan fingerprint density at radius 1 is 1.25 bits per heavy atom. The minimum atomic E-state index is -0.247. The predicted octanol–water partition coefficient (Wildman–Crippen LogP) is 3.90. The summed E-state index contributed by atoms with van der Waals surface area (Å²) in [5, 5.41) is 10.8.